The largest absolute Gasteiger partial charge is 0.468 e. The average Bonchev–Trinajstić information content (AvgIpc) is 2.12. The Labute approximate surface area is 81.7 Å². The molecule has 1 unspecified atom stereocenters. The quantitative estimate of drug-likeness (QED) is 0.521. The van der Waals surface area contributed by atoms with Crippen molar-refractivity contribution in [2.24, 2.45) is 5.73 Å². The van der Waals surface area contributed by atoms with Crippen molar-refractivity contribution in [2.45, 2.75) is 12.2 Å². The summed E-state index contributed by atoms with van der Waals surface area (Å²) in [6.07, 6.45) is 0. The van der Waals surface area contributed by atoms with Gasteiger partial charge in [0.2, 0.25) is 15.9 Å². The maximum atomic E-state index is 11.2. The van der Waals surface area contributed by atoms with E-state index in [1.54, 1.807) is 0 Å². The molecule has 1 atom stereocenters. The molecule has 14 heavy (non-hydrogen) atoms. The molecule has 0 rings (SSSR count). The van der Waals surface area contributed by atoms with E-state index in [9.17, 15) is 18.0 Å². The van der Waals surface area contributed by atoms with Crippen LogP contribution in [0.1, 0.15) is 6.92 Å². The van der Waals surface area contributed by atoms with E-state index in [0.29, 0.717) is 0 Å². The Morgan fingerprint density at radius 2 is 2.00 bits per heavy atom. The number of rotatable bonds is 5. The first-order valence-electron chi connectivity index (χ1n) is 3.66. The van der Waals surface area contributed by atoms with Crippen molar-refractivity contribution in [3.63, 3.8) is 0 Å². The lowest BCUT2D eigenvalue weighted by Crippen LogP contribution is -2.41. The van der Waals surface area contributed by atoms with Crippen molar-refractivity contribution in [1.82, 2.24) is 4.72 Å². The molecule has 0 radical (unpaired) electrons. The summed E-state index contributed by atoms with van der Waals surface area (Å²) in [5, 5.41) is -1.37. The van der Waals surface area contributed by atoms with E-state index in [2.05, 4.69) is 4.74 Å². The summed E-state index contributed by atoms with van der Waals surface area (Å²) >= 11 is 0. The molecule has 0 aromatic carbocycles. The molecule has 0 aromatic rings. The fourth-order valence-corrected chi connectivity index (χ4v) is 1.53. The number of hydrogen-bond donors (Lipinski definition) is 2. The molecular weight excluding hydrogens is 212 g/mol. The highest BCUT2D eigenvalue weighted by Gasteiger charge is 2.28. The number of nitrogens with one attached hydrogen (secondary N) is 1. The van der Waals surface area contributed by atoms with Crippen LogP contribution in [0.2, 0.25) is 0 Å². The zero-order chi connectivity index (χ0) is 11.4. The van der Waals surface area contributed by atoms with Crippen LogP contribution < -0.4 is 10.5 Å². The van der Waals surface area contributed by atoms with Gasteiger partial charge < -0.3 is 10.5 Å². The molecule has 0 bridgehead atoms. The second-order valence-electron chi connectivity index (χ2n) is 2.50. The van der Waals surface area contributed by atoms with Crippen LogP contribution >= 0.6 is 0 Å². The monoisotopic (exact) mass is 224 g/mol. The molecular formula is C6H12N2O5S. The highest BCUT2D eigenvalue weighted by Crippen LogP contribution is 1.99. The maximum Gasteiger partial charge on any atom is 0.325 e. The zero-order valence-corrected chi connectivity index (χ0v) is 8.63. The standard InChI is InChI=1S/C6H12N2O5S/c1-4(6(10)13-2)14(11,12)8-3-5(7)9/h4,8H,3H2,1-2H3,(H2,7,9). The van der Waals surface area contributed by atoms with Crippen molar-refractivity contribution in [1.29, 1.82) is 0 Å². The Bertz CT molecular complexity index is 323. The van der Waals surface area contributed by atoms with Gasteiger partial charge in [-0.3, -0.25) is 9.59 Å². The lowest BCUT2D eigenvalue weighted by atomic mass is 10.5. The smallest absolute Gasteiger partial charge is 0.325 e. The molecule has 0 aliphatic rings. The Morgan fingerprint density at radius 1 is 1.50 bits per heavy atom. The topological polar surface area (TPSA) is 116 Å². The van der Waals surface area contributed by atoms with Crippen LogP contribution in [0.4, 0.5) is 0 Å². The van der Waals surface area contributed by atoms with Crippen LogP contribution in [-0.4, -0.2) is 39.2 Å². The van der Waals surface area contributed by atoms with E-state index in [-0.39, 0.29) is 0 Å². The number of esters is 1. The van der Waals surface area contributed by atoms with Crippen molar-refractivity contribution >= 4 is 21.9 Å². The molecule has 0 heterocycles. The molecule has 7 nitrogen and oxygen atoms in total. The molecule has 8 heteroatoms. The zero-order valence-electron chi connectivity index (χ0n) is 7.81. The van der Waals surface area contributed by atoms with Gasteiger partial charge in [0.25, 0.3) is 0 Å². The molecule has 82 valence electrons. The number of carbonyl (C=O) groups is 2. The maximum absolute atomic E-state index is 11.2. The molecule has 1 amide bonds. The summed E-state index contributed by atoms with van der Waals surface area (Å²) < 4.78 is 28.5. The SMILES string of the molecule is COC(=O)C(C)S(=O)(=O)NCC(N)=O. The number of sulfonamides is 1. The van der Waals surface area contributed by atoms with Crippen LogP contribution in [0, 0.1) is 0 Å². The molecule has 0 spiro atoms. The minimum atomic E-state index is -3.89. The minimum Gasteiger partial charge on any atom is -0.468 e. The Balaban J connectivity index is 4.47. The van der Waals surface area contributed by atoms with Gasteiger partial charge >= 0.3 is 5.97 Å². The number of carbonyl (C=O) groups excluding carboxylic acids is 2. The Hall–Kier alpha value is -1.15. The molecule has 0 aliphatic carbocycles. The second-order valence-corrected chi connectivity index (χ2v) is 4.58. The number of nitrogens with two attached hydrogens (primary N) is 1. The van der Waals surface area contributed by atoms with Gasteiger partial charge in [0.1, 0.15) is 0 Å². The summed E-state index contributed by atoms with van der Waals surface area (Å²) in [4.78, 5) is 21.1. The van der Waals surface area contributed by atoms with E-state index >= 15 is 0 Å². The summed E-state index contributed by atoms with van der Waals surface area (Å²) in [5.41, 5.74) is 4.73. The predicted molar refractivity (Wildman–Crippen MR) is 47.6 cm³/mol. The van der Waals surface area contributed by atoms with Gasteiger partial charge in [0.05, 0.1) is 13.7 Å². The Kier molecular flexibility index (Phi) is 4.51. The molecule has 0 saturated heterocycles. The molecule has 0 aliphatic heterocycles. The lowest BCUT2D eigenvalue weighted by molar-refractivity contribution is -0.139. The first kappa shape index (κ1) is 12.8. The second kappa shape index (κ2) is 4.91. The van der Waals surface area contributed by atoms with Gasteiger partial charge in [0.15, 0.2) is 5.25 Å². The predicted octanol–water partition coefficient (Wildman–Crippen LogP) is -2.05. The van der Waals surface area contributed by atoms with Gasteiger partial charge in [-0.15, -0.1) is 0 Å². The highest BCUT2D eigenvalue weighted by atomic mass is 32.2. The first-order chi connectivity index (χ1) is 6.31. The molecule has 3 N–H and O–H groups in total. The average molecular weight is 224 g/mol. The summed E-state index contributed by atoms with van der Waals surface area (Å²) in [6.45, 7) is 0.610. The van der Waals surface area contributed by atoms with Gasteiger partial charge in [-0.25, -0.2) is 13.1 Å². The van der Waals surface area contributed by atoms with E-state index in [4.69, 9.17) is 5.73 Å². The van der Waals surface area contributed by atoms with Gasteiger partial charge in [0, 0.05) is 0 Å². The van der Waals surface area contributed by atoms with E-state index in [1.807, 2.05) is 4.72 Å². The van der Waals surface area contributed by atoms with Crippen LogP contribution in [0.3, 0.4) is 0 Å². The van der Waals surface area contributed by atoms with Crippen molar-refractivity contribution in [2.75, 3.05) is 13.7 Å². The highest BCUT2D eigenvalue weighted by molar-refractivity contribution is 7.90. The minimum absolute atomic E-state index is 0.538. The fourth-order valence-electron chi connectivity index (χ4n) is 0.589. The number of hydrogen-bond acceptors (Lipinski definition) is 5. The van der Waals surface area contributed by atoms with E-state index in [1.165, 1.54) is 0 Å². The third-order valence-electron chi connectivity index (χ3n) is 1.45. The summed E-state index contributed by atoms with van der Waals surface area (Å²) in [6, 6.07) is 0. The Morgan fingerprint density at radius 3 is 2.36 bits per heavy atom. The molecule has 0 fully saturated rings. The van der Waals surface area contributed by atoms with Crippen molar-refractivity contribution in [3.05, 3.63) is 0 Å². The fraction of sp³-hybridized carbons (Fsp3) is 0.667. The lowest BCUT2D eigenvalue weighted by Gasteiger charge is -2.10. The van der Waals surface area contributed by atoms with E-state index in [0.717, 1.165) is 14.0 Å². The van der Waals surface area contributed by atoms with Gasteiger partial charge in [-0.2, -0.15) is 0 Å². The van der Waals surface area contributed by atoms with Gasteiger partial charge in [-0.05, 0) is 6.92 Å². The van der Waals surface area contributed by atoms with Crippen LogP contribution in [0.15, 0.2) is 0 Å². The number of methoxy groups -OCH3 is 1. The number of primary amides is 1. The number of amides is 1. The van der Waals surface area contributed by atoms with Crippen LogP contribution in [0.25, 0.3) is 0 Å². The third kappa shape index (κ3) is 3.71. The molecule has 0 saturated carbocycles. The van der Waals surface area contributed by atoms with Crippen LogP contribution in [-0.2, 0) is 24.3 Å². The van der Waals surface area contributed by atoms with E-state index < -0.39 is 33.7 Å². The van der Waals surface area contributed by atoms with Gasteiger partial charge in [-0.1, -0.05) is 0 Å². The van der Waals surface area contributed by atoms with Crippen LogP contribution in [0.5, 0.6) is 0 Å². The normalized spacial score (nSPS) is 13.3. The summed E-state index contributed by atoms with van der Waals surface area (Å²) in [7, 11) is -2.82. The van der Waals surface area contributed by atoms with Crippen molar-refractivity contribution < 1.29 is 22.7 Å². The van der Waals surface area contributed by atoms with Crippen molar-refractivity contribution in [3.8, 4) is 0 Å². The summed E-state index contributed by atoms with van der Waals surface area (Å²) in [5.74, 6) is -1.73. The third-order valence-corrected chi connectivity index (χ3v) is 3.12. The molecule has 0 aromatic heterocycles. The first-order valence-corrected chi connectivity index (χ1v) is 5.20. The number of ether oxygens (including phenoxy) is 1.